The first-order valence-corrected chi connectivity index (χ1v) is 40.2. The molecule has 31 nitrogen and oxygen atoms in total. The van der Waals surface area contributed by atoms with Crippen LogP contribution < -0.4 is 46.7 Å². The Morgan fingerprint density at radius 3 is 1.37 bits per heavy atom. The molecule has 624 valence electrons. The lowest BCUT2D eigenvalue weighted by molar-refractivity contribution is -0.146. The second-order valence-electron chi connectivity index (χ2n) is 33.7. The van der Waals surface area contributed by atoms with Crippen molar-refractivity contribution in [1.82, 2.24) is 81.9 Å². The molecule has 0 aliphatic carbocycles. The standard InChI is InChI=1S/C87H106N16O15/c1-50(88-9)76(105)93-74(86(3,4)5)82(111)100-46-64-42-71(100)79(108)90-68(39-54-19-25-56-15-11-13-17-59(56)36-54)73(104)41-61(85(115)116)35-52-21-27-66(28-22-52)117-48-62-45-103(98-95-62)65-43-72(101(47-65)83(112)75(87(6,7)8)94-77(106)51(2)89-10)80(109)91-69(40-55-20-26-57-16-12-14-18-60(57)37-55)78(107)92-70(81(110)99-33-31-58(32-34-99)84(113)114)38-53-23-29-67(30-24-53)118-49-63-44-102(64)97-96-63/h11-30,36-37,44-45,50-51,58,61,64-65,68-72,74-75,88-89H,31-35,38-43,46-49H2,1-10H3,(H,90,108)(H,91,109)(H,92,107)(H,93,105)(H,94,106)(H,113,114)(H,115,116)/t50-,51-,61+,64-,65-,68-,69-,70-,71-,72-,74+,75+/m0/s1. The quantitative estimate of drug-likeness (QED) is 0.0601. The van der Waals surface area contributed by atoms with E-state index in [0.717, 1.165) is 21.5 Å². The molecule has 9 N–H and O–H groups in total. The Hall–Kier alpha value is -12.0. The van der Waals surface area contributed by atoms with Gasteiger partial charge in [-0.25, -0.2) is 9.36 Å². The third-order valence-electron chi connectivity index (χ3n) is 23.0. The van der Waals surface area contributed by atoms with Gasteiger partial charge in [-0.05, 0) is 133 Å². The van der Waals surface area contributed by atoms with E-state index in [1.807, 2.05) is 84.9 Å². The fourth-order valence-electron chi connectivity index (χ4n) is 15.7. The van der Waals surface area contributed by atoms with Gasteiger partial charge in [-0.3, -0.25) is 52.7 Å². The number of rotatable bonds is 15. The summed E-state index contributed by atoms with van der Waals surface area (Å²) in [4.78, 5) is 165. The number of fused-ring (bicyclic) bond motifs is 2. The molecule has 0 spiro atoms. The Morgan fingerprint density at radius 2 is 0.941 bits per heavy atom. The van der Waals surface area contributed by atoms with Crippen LogP contribution in [-0.2, 0) is 91.6 Å². The van der Waals surface area contributed by atoms with E-state index in [0.29, 0.717) is 45.1 Å². The van der Waals surface area contributed by atoms with Crippen LogP contribution in [0.4, 0.5) is 0 Å². The molecule has 7 aliphatic rings. The molecular formula is C87H106N16O15. The van der Waals surface area contributed by atoms with Crippen LogP contribution in [0.1, 0.15) is 133 Å². The van der Waals surface area contributed by atoms with Crippen molar-refractivity contribution >= 4 is 86.5 Å². The molecule has 3 saturated heterocycles. The van der Waals surface area contributed by atoms with E-state index in [-0.39, 0.29) is 90.8 Å². The fraction of sp³-hybridized carbons (Fsp3) is 0.460. The van der Waals surface area contributed by atoms with Gasteiger partial charge in [-0.2, -0.15) is 0 Å². The number of carboxylic acids is 2. The number of likely N-dealkylation sites (N-methyl/N-ethyl adjacent to an activating group) is 2. The van der Waals surface area contributed by atoms with Gasteiger partial charge in [-0.1, -0.05) is 161 Å². The van der Waals surface area contributed by atoms with Crippen molar-refractivity contribution in [2.45, 2.75) is 193 Å². The van der Waals surface area contributed by atoms with Crippen LogP contribution in [0.15, 0.2) is 146 Å². The second kappa shape index (κ2) is 37.1. The smallest absolute Gasteiger partial charge is 0.307 e. The molecular weight excluding hydrogens is 1510 g/mol. The van der Waals surface area contributed by atoms with Crippen molar-refractivity contribution in [3.8, 4) is 11.5 Å². The maximum Gasteiger partial charge on any atom is 0.307 e. The van der Waals surface area contributed by atoms with Crippen LogP contribution in [0.25, 0.3) is 21.5 Å². The number of carboxylic acid groups (broad SMARTS) is 2. The summed E-state index contributed by atoms with van der Waals surface area (Å²) in [5, 5.41) is 63.0. The van der Waals surface area contributed by atoms with Crippen LogP contribution in [0.5, 0.6) is 11.5 Å². The van der Waals surface area contributed by atoms with Crippen molar-refractivity contribution in [3.05, 3.63) is 179 Å². The zero-order valence-corrected chi connectivity index (χ0v) is 68.2. The van der Waals surface area contributed by atoms with Crippen molar-refractivity contribution in [1.29, 1.82) is 0 Å². The molecule has 0 saturated carbocycles. The highest BCUT2D eigenvalue weighted by Crippen LogP contribution is 2.35. The van der Waals surface area contributed by atoms with E-state index in [9.17, 15) is 29.4 Å². The number of likely N-dealkylation sites (tertiary alicyclic amines) is 3. The summed E-state index contributed by atoms with van der Waals surface area (Å²) in [6.45, 7) is 13.8. The lowest BCUT2D eigenvalue weighted by Gasteiger charge is -2.36. The molecule has 12 bridgehead atoms. The number of ether oxygens (including phenoxy) is 2. The number of piperidine rings is 1. The number of hydrogen-bond acceptors (Lipinski definition) is 19. The lowest BCUT2D eigenvalue weighted by Crippen LogP contribution is -2.61. The Morgan fingerprint density at radius 1 is 0.517 bits per heavy atom. The van der Waals surface area contributed by atoms with Crippen molar-refractivity contribution in [3.63, 3.8) is 0 Å². The topological polar surface area (TPSA) is 402 Å². The Kier molecular flexibility index (Phi) is 26.8. The number of amides is 8. The summed E-state index contributed by atoms with van der Waals surface area (Å²) in [6.07, 6.45) is 2.74. The SMILES string of the molecule is CN[C@@H](C)C(=O)N[C@H](C(=O)N1C[C@@H]2C[C@H]1C(=O)N[C@@H](Cc1ccc3ccccc3c1)C(=O)C[C@H](C(=O)O)Cc1ccc(cc1)OCc1cn(nn1)[C@H]1C[C@@H](C(=O)N[C@@H](Cc3ccc4ccccc4c3)C(=O)N[C@H](C(=O)N3CCC(C(=O)O)CC3)Cc3ccc(cc3)OCc3cn2nn3)N(C(=O)[C@@H](NC(=O)[C@H](C)NC)C(C)(C)C)C1)C(C)(C)C. The molecule has 3 fully saturated rings. The lowest BCUT2D eigenvalue weighted by atomic mass is 9.85. The van der Waals surface area contributed by atoms with Crippen LogP contribution in [-0.4, -0.2) is 215 Å². The van der Waals surface area contributed by atoms with E-state index >= 15 is 33.6 Å². The predicted molar refractivity (Wildman–Crippen MR) is 436 cm³/mol. The van der Waals surface area contributed by atoms with E-state index in [4.69, 9.17) is 9.47 Å². The minimum absolute atomic E-state index is 0.0282. The molecule has 8 aromatic rings. The van der Waals surface area contributed by atoms with Crippen molar-refractivity contribution in [2.24, 2.45) is 22.7 Å². The van der Waals surface area contributed by atoms with Gasteiger partial charge in [0.1, 0.15) is 72.4 Å². The van der Waals surface area contributed by atoms with Gasteiger partial charge in [0.2, 0.25) is 47.3 Å². The molecule has 0 radical (unpaired) electrons. The fourth-order valence-corrected chi connectivity index (χ4v) is 15.7. The highest BCUT2D eigenvalue weighted by molar-refractivity contribution is 5.99. The second-order valence-corrected chi connectivity index (χ2v) is 33.7. The normalized spacial score (nSPS) is 22.0. The summed E-state index contributed by atoms with van der Waals surface area (Å²) >= 11 is 0. The zero-order valence-electron chi connectivity index (χ0n) is 68.2. The highest BCUT2D eigenvalue weighted by Gasteiger charge is 2.49. The van der Waals surface area contributed by atoms with E-state index < -0.39 is 161 Å². The van der Waals surface area contributed by atoms with Gasteiger partial charge in [0.05, 0.1) is 54.4 Å². The minimum atomic E-state index is -1.39. The van der Waals surface area contributed by atoms with Crippen LogP contribution in [0, 0.1) is 22.7 Å². The number of ketones is 1. The summed E-state index contributed by atoms with van der Waals surface area (Å²) in [6, 6.07) is 28.4. The van der Waals surface area contributed by atoms with Gasteiger partial charge in [0.15, 0.2) is 5.78 Å². The minimum Gasteiger partial charge on any atom is -0.487 e. The maximum absolute atomic E-state index is 15.6. The third kappa shape index (κ3) is 20.9. The molecule has 7 aliphatic heterocycles. The van der Waals surface area contributed by atoms with Crippen LogP contribution in [0.2, 0.25) is 0 Å². The first-order valence-electron chi connectivity index (χ1n) is 40.2. The molecule has 118 heavy (non-hydrogen) atoms. The van der Waals surface area contributed by atoms with Gasteiger partial charge in [0, 0.05) is 58.3 Å². The summed E-state index contributed by atoms with van der Waals surface area (Å²) < 4.78 is 15.6. The number of carbonyl (C=O) groups is 11. The summed E-state index contributed by atoms with van der Waals surface area (Å²) in [7, 11) is 3.23. The third-order valence-corrected chi connectivity index (χ3v) is 23.0. The molecule has 12 atom stereocenters. The molecule has 6 aromatic carbocycles. The first-order chi connectivity index (χ1) is 56.3. The van der Waals surface area contributed by atoms with E-state index in [2.05, 4.69) is 57.8 Å². The number of nitrogens with zero attached hydrogens (tertiary/aromatic N) is 9. The Bertz CT molecular complexity index is 5010. The van der Waals surface area contributed by atoms with E-state index in [1.54, 1.807) is 130 Å². The molecule has 2 aromatic heterocycles. The average Bonchev–Trinajstić information content (AvgIpc) is 1.63. The van der Waals surface area contributed by atoms with Crippen molar-refractivity contribution < 1.29 is 72.4 Å². The number of nitrogens with one attached hydrogen (secondary N) is 7. The molecule has 9 heterocycles. The first kappa shape index (κ1) is 85.4. The number of aromatic nitrogens is 6. The van der Waals surface area contributed by atoms with Gasteiger partial charge >= 0.3 is 11.9 Å². The summed E-state index contributed by atoms with van der Waals surface area (Å²) in [5.74, 6) is -8.73. The monoisotopic (exact) mass is 1610 g/mol. The molecule has 0 unspecified atom stereocenters. The van der Waals surface area contributed by atoms with Crippen LogP contribution in [0.3, 0.4) is 0 Å². The van der Waals surface area contributed by atoms with E-state index in [1.165, 1.54) is 24.1 Å². The zero-order chi connectivity index (χ0) is 84.4. The van der Waals surface area contributed by atoms with Crippen molar-refractivity contribution in [2.75, 3.05) is 40.3 Å². The Balaban J connectivity index is 0.893. The number of Topliss-reactive ketones (excluding diaryl/α,β-unsaturated/α-hetero) is 1. The number of carbonyl (C=O) groups excluding carboxylic acids is 9. The average molecular weight is 1620 g/mol. The molecule has 8 amide bonds. The number of hydrogen-bond donors (Lipinski definition) is 9. The number of aliphatic carboxylic acids is 2. The van der Waals surface area contributed by atoms with Gasteiger partial charge < -0.3 is 71.6 Å². The maximum atomic E-state index is 15.6. The highest BCUT2D eigenvalue weighted by atomic mass is 16.5. The molecule has 15 rings (SSSR count). The van der Waals surface area contributed by atoms with Gasteiger partial charge in [-0.15, -0.1) is 10.2 Å². The Labute approximate surface area is 684 Å². The molecule has 31 heteroatoms. The van der Waals surface area contributed by atoms with Crippen LogP contribution >= 0.6 is 0 Å². The number of benzene rings is 6. The summed E-state index contributed by atoms with van der Waals surface area (Å²) in [5.41, 5.74) is 1.37. The predicted octanol–water partition coefficient (Wildman–Crippen LogP) is 5.62. The largest absolute Gasteiger partial charge is 0.487 e. The van der Waals surface area contributed by atoms with Gasteiger partial charge in [0.25, 0.3) is 0 Å².